The van der Waals surface area contributed by atoms with Gasteiger partial charge in [0.1, 0.15) is 5.82 Å². The molecule has 1 saturated heterocycles. The standard InChI is InChI=1S/C11H14FNO3S/c12-9-3-1-2-8(4-9)5-13-10-6-17(15,16)7-11(10)14/h1-4,10-11,13-14H,5-7H2/t10-,11+/m0/s1. The van der Waals surface area contributed by atoms with Gasteiger partial charge >= 0.3 is 0 Å². The summed E-state index contributed by atoms with van der Waals surface area (Å²) in [7, 11) is -3.14. The number of aliphatic hydroxyl groups excluding tert-OH is 1. The fourth-order valence-corrected chi connectivity index (χ4v) is 3.70. The summed E-state index contributed by atoms with van der Waals surface area (Å²) in [5, 5.41) is 12.5. The minimum atomic E-state index is -3.14. The molecule has 1 heterocycles. The minimum Gasteiger partial charge on any atom is -0.390 e. The Morgan fingerprint density at radius 3 is 2.76 bits per heavy atom. The Morgan fingerprint density at radius 2 is 2.18 bits per heavy atom. The van der Waals surface area contributed by atoms with Gasteiger partial charge in [0.25, 0.3) is 0 Å². The lowest BCUT2D eigenvalue weighted by atomic mass is 10.2. The smallest absolute Gasteiger partial charge is 0.154 e. The van der Waals surface area contributed by atoms with E-state index in [0.717, 1.165) is 5.56 Å². The summed E-state index contributed by atoms with van der Waals surface area (Å²) in [6.07, 6.45) is -0.881. The number of hydrogen-bond acceptors (Lipinski definition) is 4. The molecule has 2 rings (SSSR count). The van der Waals surface area contributed by atoms with E-state index in [1.54, 1.807) is 12.1 Å². The van der Waals surface area contributed by atoms with Crippen LogP contribution in [0.1, 0.15) is 5.56 Å². The van der Waals surface area contributed by atoms with E-state index in [1.807, 2.05) is 0 Å². The number of aliphatic hydroxyl groups is 1. The van der Waals surface area contributed by atoms with Crippen molar-refractivity contribution in [1.82, 2.24) is 5.32 Å². The Bertz CT molecular complexity index is 503. The fraction of sp³-hybridized carbons (Fsp3) is 0.455. The Labute approximate surface area is 99.4 Å². The van der Waals surface area contributed by atoms with Gasteiger partial charge in [-0.15, -0.1) is 0 Å². The maximum Gasteiger partial charge on any atom is 0.154 e. The molecule has 1 aromatic carbocycles. The van der Waals surface area contributed by atoms with E-state index in [9.17, 15) is 17.9 Å². The van der Waals surface area contributed by atoms with Crippen LogP contribution in [0.25, 0.3) is 0 Å². The summed E-state index contributed by atoms with van der Waals surface area (Å²) >= 11 is 0. The van der Waals surface area contributed by atoms with Gasteiger partial charge in [0.2, 0.25) is 0 Å². The Balaban J connectivity index is 1.95. The molecule has 1 aromatic rings. The molecule has 1 aliphatic heterocycles. The normalized spacial score (nSPS) is 27.2. The van der Waals surface area contributed by atoms with E-state index in [4.69, 9.17) is 0 Å². The van der Waals surface area contributed by atoms with Crippen LogP contribution in [0.5, 0.6) is 0 Å². The summed E-state index contributed by atoms with van der Waals surface area (Å²) in [4.78, 5) is 0. The van der Waals surface area contributed by atoms with Crippen LogP contribution in [0.4, 0.5) is 4.39 Å². The zero-order valence-electron chi connectivity index (χ0n) is 9.14. The largest absolute Gasteiger partial charge is 0.390 e. The molecule has 6 heteroatoms. The third-order valence-corrected chi connectivity index (χ3v) is 4.50. The third kappa shape index (κ3) is 3.24. The first-order valence-corrected chi connectivity index (χ1v) is 7.15. The lowest BCUT2D eigenvalue weighted by Gasteiger charge is -2.14. The van der Waals surface area contributed by atoms with Crippen LogP contribution in [0.15, 0.2) is 24.3 Å². The highest BCUT2D eigenvalue weighted by molar-refractivity contribution is 7.91. The molecule has 17 heavy (non-hydrogen) atoms. The number of benzene rings is 1. The van der Waals surface area contributed by atoms with Crippen molar-refractivity contribution in [3.8, 4) is 0 Å². The van der Waals surface area contributed by atoms with E-state index in [2.05, 4.69) is 5.32 Å². The van der Waals surface area contributed by atoms with Gasteiger partial charge in [0.15, 0.2) is 9.84 Å². The van der Waals surface area contributed by atoms with Crippen LogP contribution in [-0.2, 0) is 16.4 Å². The van der Waals surface area contributed by atoms with Crippen LogP contribution < -0.4 is 5.32 Å². The van der Waals surface area contributed by atoms with Crippen molar-refractivity contribution in [3.63, 3.8) is 0 Å². The van der Waals surface area contributed by atoms with Gasteiger partial charge in [-0.3, -0.25) is 0 Å². The first-order valence-electron chi connectivity index (χ1n) is 5.32. The maximum absolute atomic E-state index is 12.9. The first kappa shape index (κ1) is 12.5. The summed E-state index contributed by atoms with van der Waals surface area (Å²) in [6, 6.07) is 5.59. The highest BCUT2D eigenvalue weighted by atomic mass is 32.2. The van der Waals surface area contributed by atoms with Gasteiger partial charge < -0.3 is 10.4 Å². The quantitative estimate of drug-likeness (QED) is 0.806. The molecule has 2 atom stereocenters. The molecule has 0 bridgehead atoms. The van der Waals surface area contributed by atoms with E-state index < -0.39 is 22.0 Å². The summed E-state index contributed by atoms with van der Waals surface area (Å²) in [5.74, 6) is -0.596. The molecule has 0 radical (unpaired) electrons. The molecule has 0 saturated carbocycles. The average Bonchev–Trinajstić information content (AvgIpc) is 2.49. The highest BCUT2D eigenvalue weighted by Gasteiger charge is 2.35. The Morgan fingerprint density at radius 1 is 1.41 bits per heavy atom. The molecule has 1 fully saturated rings. The van der Waals surface area contributed by atoms with Crippen molar-refractivity contribution in [2.45, 2.75) is 18.7 Å². The Kier molecular flexibility index (Phi) is 3.46. The molecular weight excluding hydrogens is 245 g/mol. The number of sulfone groups is 1. The predicted molar refractivity (Wildman–Crippen MR) is 61.7 cm³/mol. The van der Waals surface area contributed by atoms with Crippen LogP contribution in [-0.4, -0.2) is 37.2 Å². The molecule has 2 N–H and O–H groups in total. The van der Waals surface area contributed by atoms with Crippen LogP contribution in [0, 0.1) is 5.82 Å². The molecule has 94 valence electrons. The summed E-state index contributed by atoms with van der Waals surface area (Å²) in [5.41, 5.74) is 0.724. The van der Waals surface area contributed by atoms with E-state index in [-0.39, 0.29) is 17.3 Å². The minimum absolute atomic E-state index is 0.0660. The predicted octanol–water partition coefficient (Wildman–Crippen LogP) is 0.0732. The number of rotatable bonds is 3. The number of nitrogens with one attached hydrogen (secondary N) is 1. The first-order chi connectivity index (χ1) is 7.96. The number of halogens is 1. The zero-order valence-corrected chi connectivity index (χ0v) is 9.95. The van der Waals surface area contributed by atoms with Gasteiger partial charge in [-0.25, -0.2) is 12.8 Å². The molecule has 0 spiro atoms. The van der Waals surface area contributed by atoms with Crippen molar-refractivity contribution < 1.29 is 17.9 Å². The van der Waals surface area contributed by atoms with Gasteiger partial charge in [-0.1, -0.05) is 12.1 Å². The lowest BCUT2D eigenvalue weighted by Crippen LogP contribution is -2.38. The van der Waals surface area contributed by atoms with Crippen LogP contribution in [0.3, 0.4) is 0 Å². The second kappa shape index (κ2) is 4.72. The topological polar surface area (TPSA) is 66.4 Å². The molecule has 0 amide bonds. The Hall–Kier alpha value is -0.980. The van der Waals surface area contributed by atoms with Crippen molar-refractivity contribution in [2.75, 3.05) is 11.5 Å². The van der Waals surface area contributed by atoms with Crippen molar-refractivity contribution in [3.05, 3.63) is 35.6 Å². The van der Waals surface area contributed by atoms with Crippen LogP contribution >= 0.6 is 0 Å². The second-order valence-corrected chi connectivity index (χ2v) is 6.42. The zero-order chi connectivity index (χ0) is 12.5. The molecule has 0 unspecified atom stereocenters. The van der Waals surface area contributed by atoms with Crippen molar-refractivity contribution in [1.29, 1.82) is 0 Å². The van der Waals surface area contributed by atoms with Gasteiger partial charge in [0, 0.05) is 12.6 Å². The van der Waals surface area contributed by atoms with Crippen molar-refractivity contribution >= 4 is 9.84 Å². The van der Waals surface area contributed by atoms with E-state index in [0.29, 0.717) is 6.54 Å². The van der Waals surface area contributed by atoms with Gasteiger partial charge in [-0.2, -0.15) is 0 Å². The molecular formula is C11H14FNO3S. The maximum atomic E-state index is 12.9. The van der Waals surface area contributed by atoms with Crippen LogP contribution in [0.2, 0.25) is 0 Å². The monoisotopic (exact) mass is 259 g/mol. The van der Waals surface area contributed by atoms with E-state index >= 15 is 0 Å². The fourth-order valence-electron chi connectivity index (χ4n) is 1.92. The summed E-state index contributed by atoms with van der Waals surface area (Å²) in [6.45, 7) is 0.342. The SMILES string of the molecule is O=S1(=O)C[C@@H](O)[C@@H](NCc2cccc(F)c2)C1. The third-order valence-electron chi connectivity index (χ3n) is 2.78. The van der Waals surface area contributed by atoms with Gasteiger partial charge in [0.05, 0.1) is 17.6 Å². The average molecular weight is 259 g/mol. The summed E-state index contributed by atoms with van der Waals surface area (Å²) < 4.78 is 35.4. The molecule has 4 nitrogen and oxygen atoms in total. The molecule has 1 aliphatic rings. The highest BCUT2D eigenvalue weighted by Crippen LogP contribution is 2.13. The van der Waals surface area contributed by atoms with E-state index in [1.165, 1.54) is 12.1 Å². The van der Waals surface area contributed by atoms with Gasteiger partial charge in [-0.05, 0) is 17.7 Å². The molecule has 0 aliphatic carbocycles. The van der Waals surface area contributed by atoms with Crippen molar-refractivity contribution in [2.24, 2.45) is 0 Å². The number of hydrogen-bond donors (Lipinski definition) is 2. The second-order valence-electron chi connectivity index (χ2n) is 4.26. The molecule has 0 aromatic heterocycles. The lowest BCUT2D eigenvalue weighted by molar-refractivity contribution is 0.165.